The molecule has 0 radical (unpaired) electrons. The number of rotatable bonds is 5. The SMILES string of the molecule is CCOc1c(Cl)cc(CCC(C)N)cc1Cl. The van der Waals surface area contributed by atoms with Crippen LogP contribution in [0.4, 0.5) is 0 Å². The van der Waals surface area contributed by atoms with E-state index in [-0.39, 0.29) is 6.04 Å². The van der Waals surface area contributed by atoms with Gasteiger partial charge in [-0.1, -0.05) is 23.2 Å². The molecule has 1 atom stereocenters. The zero-order valence-corrected chi connectivity index (χ0v) is 11.1. The summed E-state index contributed by atoms with van der Waals surface area (Å²) in [6.07, 6.45) is 1.80. The zero-order valence-electron chi connectivity index (χ0n) is 9.59. The van der Waals surface area contributed by atoms with E-state index in [2.05, 4.69) is 0 Å². The molecule has 4 heteroatoms. The summed E-state index contributed by atoms with van der Waals surface area (Å²) in [5, 5.41) is 1.13. The van der Waals surface area contributed by atoms with Crippen LogP contribution in [0.15, 0.2) is 12.1 Å². The van der Waals surface area contributed by atoms with Crippen molar-refractivity contribution in [1.29, 1.82) is 0 Å². The van der Waals surface area contributed by atoms with E-state index in [0.717, 1.165) is 18.4 Å². The van der Waals surface area contributed by atoms with E-state index < -0.39 is 0 Å². The summed E-state index contributed by atoms with van der Waals surface area (Å²) in [4.78, 5) is 0. The Morgan fingerprint density at radius 3 is 2.31 bits per heavy atom. The highest BCUT2D eigenvalue weighted by Crippen LogP contribution is 2.34. The van der Waals surface area contributed by atoms with Crippen molar-refractivity contribution in [1.82, 2.24) is 0 Å². The molecule has 0 heterocycles. The first-order valence-corrected chi connectivity index (χ1v) is 6.16. The molecule has 0 saturated heterocycles. The minimum atomic E-state index is 0.184. The molecule has 2 nitrogen and oxygen atoms in total. The zero-order chi connectivity index (χ0) is 12.1. The highest BCUT2D eigenvalue weighted by molar-refractivity contribution is 6.37. The van der Waals surface area contributed by atoms with Gasteiger partial charge in [0.05, 0.1) is 16.7 Å². The highest BCUT2D eigenvalue weighted by atomic mass is 35.5. The molecule has 1 aromatic rings. The van der Waals surface area contributed by atoms with E-state index in [1.807, 2.05) is 26.0 Å². The van der Waals surface area contributed by atoms with Crippen molar-refractivity contribution in [2.45, 2.75) is 32.7 Å². The first-order valence-electron chi connectivity index (χ1n) is 5.41. The number of halogens is 2. The van der Waals surface area contributed by atoms with Crippen LogP contribution in [0.1, 0.15) is 25.8 Å². The molecule has 90 valence electrons. The van der Waals surface area contributed by atoms with Gasteiger partial charge in [0.2, 0.25) is 0 Å². The van der Waals surface area contributed by atoms with Crippen molar-refractivity contribution in [3.63, 3.8) is 0 Å². The third kappa shape index (κ3) is 3.85. The quantitative estimate of drug-likeness (QED) is 0.878. The van der Waals surface area contributed by atoms with E-state index in [9.17, 15) is 0 Å². The minimum absolute atomic E-state index is 0.184. The van der Waals surface area contributed by atoms with Gasteiger partial charge in [0.1, 0.15) is 0 Å². The van der Waals surface area contributed by atoms with Crippen molar-refractivity contribution in [2.24, 2.45) is 5.73 Å². The summed E-state index contributed by atoms with van der Waals surface area (Å²) < 4.78 is 5.36. The van der Waals surface area contributed by atoms with Crippen LogP contribution in [0.3, 0.4) is 0 Å². The van der Waals surface area contributed by atoms with Crippen molar-refractivity contribution in [2.75, 3.05) is 6.61 Å². The lowest BCUT2D eigenvalue weighted by atomic mass is 10.1. The number of aryl methyl sites for hydroxylation is 1. The second-order valence-corrected chi connectivity index (χ2v) is 4.65. The Hall–Kier alpha value is -0.440. The van der Waals surface area contributed by atoms with Gasteiger partial charge in [-0.2, -0.15) is 0 Å². The molecule has 16 heavy (non-hydrogen) atoms. The first-order chi connectivity index (χ1) is 7.54. The number of nitrogens with two attached hydrogens (primary N) is 1. The predicted octanol–water partition coefficient (Wildman–Crippen LogP) is 3.67. The van der Waals surface area contributed by atoms with Crippen LogP contribution in [0.25, 0.3) is 0 Å². The first kappa shape index (κ1) is 13.6. The third-order valence-electron chi connectivity index (χ3n) is 2.24. The Morgan fingerprint density at radius 2 is 1.88 bits per heavy atom. The molecular formula is C12H17Cl2NO. The Morgan fingerprint density at radius 1 is 1.31 bits per heavy atom. The maximum atomic E-state index is 6.09. The summed E-state index contributed by atoms with van der Waals surface area (Å²) in [5.74, 6) is 0.565. The largest absolute Gasteiger partial charge is 0.491 e. The molecule has 0 amide bonds. The van der Waals surface area contributed by atoms with Gasteiger partial charge in [-0.05, 0) is 44.4 Å². The molecule has 0 bridgehead atoms. The topological polar surface area (TPSA) is 35.2 Å². The van der Waals surface area contributed by atoms with Crippen LogP contribution in [-0.4, -0.2) is 12.6 Å². The Kier molecular flexibility index (Phi) is 5.39. The summed E-state index contributed by atoms with van der Waals surface area (Å²) >= 11 is 12.2. The molecule has 0 saturated carbocycles. The smallest absolute Gasteiger partial charge is 0.156 e. The van der Waals surface area contributed by atoms with Crippen molar-refractivity contribution < 1.29 is 4.74 Å². The van der Waals surface area contributed by atoms with Crippen LogP contribution in [0.2, 0.25) is 10.0 Å². The number of benzene rings is 1. The summed E-state index contributed by atoms with van der Waals surface area (Å²) in [7, 11) is 0. The van der Waals surface area contributed by atoms with E-state index in [4.69, 9.17) is 33.7 Å². The monoisotopic (exact) mass is 261 g/mol. The van der Waals surface area contributed by atoms with Crippen molar-refractivity contribution in [3.8, 4) is 5.75 Å². The Labute approximate surface area is 107 Å². The molecule has 2 N–H and O–H groups in total. The normalized spacial score (nSPS) is 12.6. The standard InChI is InChI=1S/C12H17Cl2NO/c1-3-16-12-10(13)6-9(7-11(12)14)5-4-8(2)15/h6-8H,3-5,15H2,1-2H3. The lowest BCUT2D eigenvalue weighted by molar-refractivity contribution is 0.340. The molecule has 1 rings (SSSR count). The molecular weight excluding hydrogens is 245 g/mol. The van der Waals surface area contributed by atoms with Gasteiger partial charge in [0, 0.05) is 6.04 Å². The summed E-state index contributed by atoms with van der Waals surface area (Å²) in [6, 6.07) is 3.96. The fraction of sp³-hybridized carbons (Fsp3) is 0.500. The predicted molar refractivity (Wildman–Crippen MR) is 69.6 cm³/mol. The van der Waals surface area contributed by atoms with Crippen LogP contribution < -0.4 is 10.5 Å². The molecule has 0 fully saturated rings. The van der Waals surface area contributed by atoms with Crippen LogP contribution in [-0.2, 0) is 6.42 Å². The fourth-order valence-corrected chi connectivity index (χ4v) is 2.07. The van der Waals surface area contributed by atoms with Crippen molar-refractivity contribution >= 4 is 23.2 Å². The maximum Gasteiger partial charge on any atom is 0.156 e. The van der Waals surface area contributed by atoms with E-state index in [1.165, 1.54) is 0 Å². The van der Waals surface area contributed by atoms with Gasteiger partial charge in [-0.15, -0.1) is 0 Å². The number of hydrogen-bond donors (Lipinski definition) is 1. The maximum absolute atomic E-state index is 6.09. The molecule has 0 aliphatic heterocycles. The fourth-order valence-electron chi connectivity index (χ4n) is 1.43. The molecule has 1 aromatic carbocycles. The third-order valence-corrected chi connectivity index (χ3v) is 2.80. The lowest BCUT2D eigenvalue weighted by Crippen LogP contribution is -2.15. The second-order valence-electron chi connectivity index (χ2n) is 3.84. The summed E-state index contributed by atoms with van der Waals surface area (Å²) in [5.41, 5.74) is 6.80. The van der Waals surface area contributed by atoms with E-state index >= 15 is 0 Å². The average molecular weight is 262 g/mol. The molecule has 0 aromatic heterocycles. The number of ether oxygens (including phenoxy) is 1. The van der Waals surface area contributed by atoms with E-state index in [0.29, 0.717) is 22.4 Å². The Balaban J connectivity index is 2.82. The lowest BCUT2D eigenvalue weighted by Gasteiger charge is -2.11. The molecule has 0 aliphatic rings. The van der Waals surface area contributed by atoms with Gasteiger partial charge in [0.25, 0.3) is 0 Å². The van der Waals surface area contributed by atoms with Gasteiger partial charge in [-0.3, -0.25) is 0 Å². The Bertz CT molecular complexity index is 330. The minimum Gasteiger partial charge on any atom is -0.491 e. The van der Waals surface area contributed by atoms with Crippen LogP contribution >= 0.6 is 23.2 Å². The average Bonchev–Trinajstić information content (AvgIpc) is 2.20. The van der Waals surface area contributed by atoms with Crippen LogP contribution in [0, 0.1) is 0 Å². The molecule has 0 aliphatic carbocycles. The van der Waals surface area contributed by atoms with Gasteiger partial charge in [0.15, 0.2) is 5.75 Å². The summed E-state index contributed by atoms with van der Waals surface area (Å²) in [6.45, 7) is 4.44. The highest BCUT2D eigenvalue weighted by Gasteiger charge is 2.09. The molecule has 1 unspecified atom stereocenters. The van der Waals surface area contributed by atoms with Gasteiger partial charge >= 0.3 is 0 Å². The molecule has 0 spiro atoms. The van der Waals surface area contributed by atoms with Crippen LogP contribution in [0.5, 0.6) is 5.75 Å². The second kappa shape index (κ2) is 6.33. The van der Waals surface area contributed by atoms with E-state index in [1.54, 1.807) is 0 Å². The van der Waals surface area contributed by atoms with Crippen molar-refractivity contribution in [3.05, 3.63) is 27.7 Å². The number of hydrogen-bond acceptors (Lipinski definition) is 2. The van der Waals surface area contributed by atoms with Gasteiger partial charge in [-0.25, -0.2) is 0 Å². The van der Waals surface area contributed by atoms with Gasteiger partial charge < -0.3 is 10.5 Å².